The van der Waals surface area contributed by atoms with Gasteiger partial charge < -0.3 is 10.1 Å². The normalized spacial score (nSPS) is 26.6. The molecule has 3 rings (SSSR count). The monoisotopic (exact) mass is 330 g/mol. The highest BCUT2D eigenvalue weighted by Crippen LogP contribution is 2.40. The van der Waals surface area contributed by atoms with Crippen molar-refractivity contribution in [3.8, 4) is 5.75 Å². The molecule has 0 bridgehead atoms. The maximum absolute atomic E-state index is 12.9. The summed E-state index contributed by atoms with van der Waals surface area (Å²) in [7, 11) is -2.10. The van der Waals surface area contributed by atoms with E-state index in [0.717, 1.165) is 25.9 Å². The van der Waals surface area contributed by atoms with E-state index in [0.29, 0.717) is 23.9 Å². The fraction of sp³-hybridized carbons (Fsp3) is 0.571. The second-order valence-electron chi connectivity index (χ2n) is 5.81. The van der Waals surface area contributed by atoms with E-state index >= 15 is 0 Å². The lowest BCUT2D eigenvalue weighted by Gasteiger charge is -2.23. The smallest absolute Gasteiger partial charge is 0.246 e. The molecule has 1 unspecified atom stereocenters. The highest BCUT2D eigenvalue weighted by atomic mass is 35.5. The summed E-state index contributed by atoms with van der Waals surface area (Å²) in [4.78, 5) is 0.153. The number of sulfonamides is 1. The Hall–Kier alpha value is -0.820. The van der Waals surface area contributed by atoms with Crippen molar-refractivity contribution in [2.45, 2.75) is 17.7 Å². The van der Waals surface area contributed by atoms with E-state index in [1.807, 2.05) is 0 Å². The Bertz CT molecular complexity index is 642. The molecule has 5 nitrogen and oxygen atoms in total. The first-order valence-electron chi connectivity index (χ1n) is 7.01. The van der Waals surface area contributed by atoms with Crippen molar-refractivity contribution in [3.63, 3.8) is 0 Å². The Labute approximate surface area is 130 Å². The van der Waals surface area contributed by atoms with Crippen LogP contribution in [0.25, 0.3) is 0 Å². The topological polar surface area (TPSA) is 58.6 Å². The molecule has 2 heterocycles. The van der Waals surface area contributed by atoms with Crippen LogP contribution in [0.15, 0.2) is 23.1 Å². The summed E-state index contributed by atoms with van der Waals surface area (Å²) in [5.74, 6) is 0.338. The van der Waals surface area contributed by atoms with Gasteiger partial charge in [-0.15, -0.1) is 0 Å². The summed E-state index contributed by atoms with van der Waals surface area (Å²) in [6, 6.07) is 4.69. The predicted octanol–water partition coefficient (Wildman–Crippen LogP) is 1.72. The molecule has 0 saturated carbocycles. The van der Waals surface area contributed by atoms with E-state index in [1.165, 1.54) is 13.2 Å². The van der Waals surface area contributed by atoms with Gasteiger partial charge in [-0.1, -0.05) is 11.6 Å². The van der Waals surface area contributed by atoms with Gasteiger partial charge in [0.1, 0.15) is 10.6 Å². The molecule has 1 spiro atoms. The first-order valence-corrected chi connectivity index (χ1v) is 8.83. The maximum atomic E-state index is 12.9. The summed E-state index contributed by atoms with van der Waals surface area (Å²) in [5, 5.41) is 3.73. The average Bonchev–Trinajstić information content (AvgIpc) is 3.10. The van der Waals surface area contributed by atoms with Crippen LogP contribution in [0.5, 0.6) is 5.75 Å². The molecule has 116 valence electrons. The molecular weight excluding hydrogens is 312 g/mol. The predicted molar refractivity (Wildman–Crippen MR) is 81.3 cm³/mol. The number of ether oxygens (including phenoxy) is 1. The maximum Gasteiger partial charge on any atom is 0.246 e. The Kier molecular flexibility index (Phi) is 3.90. The fourth-order valence-electron chi connectivity index (χ4n) is 3.23. The zero-order valence-corrected chi connectivity index (χ0v) is 13.5. The molecule has 2 aliphatic rings. The summed E-state index contributed by atoms with van der Waals surface area (Å²) in [6.45, 7) is 2.98. The van der Waals surface area contributed by atoms with Crippen molar-refractivity contribution in [3.05, 3.63) is 23.2 Å². The van der Waals surface area contributed by atoms with Gasteiger partial charge in [0.15, 0.2) is 0 Å². The number of nitrogens with one attached hydrogen (secondary N) is 1. The van der Waals surface area contributed by atoms with Crippen LogP contribution in [0, 0.1) is 5.41 Å². The van der Waals surface area contributed by atoms with Gasteiger partial charge in [-0.25, -0.2) is 8.42 Å². The van der Waals surface area contributed by atoms with Crippen LogP contribution in [0.1, 0.15) is 12.8 Å². The SMILES string of the molecule is COc1ccc(Cl)cc1S(=O)(=O)N1CCC2(CCNC2)C1. The number of methoxy groups -OCH3 is 1. The second kappa shape index (κ2) is 5.43. The van der Waals surface area contributed by atoms with Crippen LogP contribution in [-0.2, 0) is 10.0 Å². The van der Waals surface area contributed by atoms with Gasteiger partial charge in [0.2, 0.25) is 10.0 Å². The minimum Gasteiger partial charge on any atom is -0.495 e. The third kappa shape index (κ3) is 2.65. The Morgan fingerprint density at radius 1 is 1.38 bits per heavy atom. The minimum absolute atomic E-state index is 0.0961. The lowest BCUT2D eigenvalue weighted by atomic mass is 9.87. The summed E-state index contributed by atoms with van der Waals surface area (Å²) in [5.41, 5.74) is 0.0961. The quantitative estimate of drug-likeness (QED) is 0.917. The van der Waals surface area contributed by atoms with Crippen molar-refractivity contribution in [2.75, 3.05) is 33.3 Å². The van der Waals surface area contributed by atoms with Crippen molar-refractivity contribution >= 4 is 21.6 Å². The number of benzene rings is 1. The molecule has 2 saturated heterocycles. The molecule has 1 aromatic carbocycles. The summed E-state index contributed by atoms with van der Waals surface area (Å²) < 4.78 is 32.5. The molecule has 0 amide bonds. The van der Waals surface area contributed by atoms with Crippen LogP contribution in [-0.4, -0.2) is 46.0 Å². The van der Waals surface area contributed by atoms with Gasteiger partial charge in [-0.2, -0.15) is 4.31 Å². The number of rotatable bonds is 3. The molecule has 7 heteroatoms. The molecule has 1 N–H and O–H groups in total. The van der Waals surface area contributed by atoms with Gasteiger partial charge in [-0.05, 0) is 43.0 Å². The fourth-order valence-corrected chi connectivity index (χ4v) is 5.21. The molecule has 1 atom stereocenters. The third-order valence-corrected chi connectivity index (χ3v) is 6.58. The minimum atomic E-state index is -3.57. The van der Waals surface area contributed by atoms with Gasteiger partial charge in [0.05, 0.1) is 7.11 Å². The number of nitrogens with zero attached hydrogens (tertiary/aromatic N) is 1. The number of hydrogen-bond acceptors (Lipinski definition) is 4. The van der Waals surface area contributed by atoms with Gasteiger partial charge in [0.25, 0.3) is 0 Å². The summed E-state index contributed by atoms with van der Waals surface area (Å²) >= 11 is 5.96. The van der Waals surface area contributed by atoms with E-state index in [2.05, 4.69) is 5.32 Å². The van der Waals surface area contributed by atoms with Gasteiger partial charge in [0, 0.05) is 24.7 Å². The highest BCUT2D eigenvalue weighted by molar-refractivity contribution is 7.89. The molecule has 1 aromatic rings. The van der Waals surface area contributed by atoms with Crippen LogP contribution < -0.4 is 10.1 Å². The van der Waals surface area contributed by atoms with E-state index in [1.54, 1.807) is 16.4 Å². The molecule has 21 heavy (non-hydrogen) atoms. The van der Waals surface area contributed by atoms with Crippen LogP contribution >= 0.6 is 11.6 Å². The standard InChI is InChI=1S/C14H19ClN2O3S/c1-20-12-3-2-11(15)8-13(12)21(18,19)17-7-5-14(10-17)4-6-16-9-14/h2-3,8,16H,4-7,9-10H2,1H3. The van der Waals surface area contributed by atoms with Crippen molar-refractivity contribution in [1.29, 1.82) is 0 Å². The van der Waals surface area contributed by atoms with E-state index in [-0.39, 0.29) is 10.3 Å². The van der Waals surface area contributed by atoms with E-state index < -0.39 is 10.0 Å². The lowest BCUT2D eigenvalue weighted by molar-refractivity contribution is 0.337. The van der Waals surface area contributed by atoms with Crippen molar-refractivity contribution in [2.24, 2.45) is 5.41 Å². The van der Waals surface area contributed by atoms with Gasteiger partial charge >= 0.3 is 0 Å². The molecule has 2 aliphatic heterocycles. The molecular formula is C14H19ClN2O3S. The first kappa shape index (κ1) is 15.1. The molecule has 2 fully saturated rings. The first-order chi connectivity index (χ1) is 9.97. The number of hydrogen-bond donors (Lipinski definition) is 1. The largest absolute Gasteiger partial charge is 0.495 e. The third-order valence-electron chi connectivity index (χ3n) is 4.48. The van der Waals surface area contributed by atoms with E-state index in [9.17, 15) is 8.42 Å². The Morgan fingerprint density at radius 3 is 2.86 bits per heavy atom. The van der Waals surface area contributed by atoms with Crippen LogP contribution in [0.3, 0.4) is 0 Å². The van der Waals surface area contributed by atoms with Crippen LogP contribution in [0.2, 0.25) is 5.02 Å². The van der Waals surface area contributed by atoms with Crippen molar-refractivity contribution in [1.82, 2.24) is 9.62 Å². The molecule has 0 radical (unpaired) electrons. The Balaban J connectivity index is 1.93. The Morgan fingerprint density at radius 2 is 2.19 bits per heavy atom. The van der Waals surface area contributed by atoms with Crippen molar-refractivity contribution < 1.29 is 13.2 Å². The van der Waals surface area contributed by atoms with Crippen LogP contribution in [0.4, 0.5) is 0 Å². The van der Waals surface area contributed by atoms with E-state index in [4.69, 9.17) is 16.3 Å². The molecule has 0 aliphatic carbocycles. The zero-order valence-electron chi connectivity index (χ0n) is 11.9. The average molecular weight is 331 g/mol. The number of halogens is 1. The lowest BCUT2D eigenvalue weighted by Crippen LogP contribution is -2.33. The second-order valence-corrected chi connectivity index (χ2v) is 8.15. The van der Waals surface area contributed by atoms with Gasteiger partial charge in [-0.3, -0.25) is 0 Å². The molecule has 0 aromatic heterocycles. The zero-order chi connectivity index (χ0) is 15.1. The summed E-state index contributed by atoms with van der Waals surface area (Å²) in [6.07, 6.45) is 1.94. The highest BCUT2D eigenvalue weighted by Gasteiger charge is 2.45.